The molecule has 0 aliphatic heterocycles. The maximum Gasteiger partial charge on any atom is 0.159 e. The van der Waals surface area contributed by atoms with E-state index in [9.17, 15) is 4.79 Å². The molecule has 0 rings (SSSR count). The van der Waals surface area contributed by atoms with Crippen LogP contribution in [0.3, 0.4) is 0 Å². The molecule has 0 aromatic heterocycles. The molecule has 0 radical (unpaired) electrons. The van der Waals surface area contributed by atoms with Crippen molar-refractivity contribution in [1.82, 2.24) is 0 Å². The summed E-state index contributed by atoms with van der Waals surface area (Å²) in [4.78, 5) is 18.8. The fraction of sp³-hybridized carbons (Fsp3) is 0.625. The molecule has 0 saturated carbocycles. The zero-order valence-corrected chi connectivity index (χ0v) is 7.74. The number of aliphatic imine (C=N–C) groups is 2. The molecule has 68 valence electrons. The SMILES string of the molecule is CCC(=O)C(C)(C)N=CN=CN. The molecule has 2 N–H and O–H groups in total. The van der Waals surface area contributed by atoms with Crippen molar-refractivity contribution in [2.45, 2.75) is 32.7 Å². The van der Waals surface area contributed by atoms with Gasteiger partial charge < -0.3 is 5.73 Å². The van der Waals surface area contributed by atoms with Gasteiger partial charge >= 0.3 is 0 Å². The molecule has 0 aromatic rings. The van der Waals surface area contributed by atoms with Gasteiger partial charge in [0, 0.05) is 6.42 Å². The summed E-state index contributed by atoms with van der Waals surface area (Å²) in [6.45, 7) is 5.31. The first-order valence-corrected chi connectivity index (χ1v) is 3.85. The van der Waals surface area contributed by atoms with E-state index in [-0.39, 0.29) is 5.78 Å². The van der Waals surface area contributed by atoms with E-state index in [4.69, 9.17) is 5.73 Å². The molecular formula is C8H15N3O. The fourth-order valence-corrected chi connectivity index (χ4v) is 0.721. The Labute approximate surface area is 72.6 Å². The van der Waals surface area contributed by atoms with E-state index in [1.807, 2.05) is 6.92 Å². The average molecular weight is 169 g/mol. The van der Waals surface area contributed by atoms with Gasteiger partial charge in [-0.25, -0.2) is 4.99 Å². The second-order valence-electron chi connectivity index (χ2n) is 2.88. The first kappa shape index (κ1) is 10.8. The molecule has 0 atom stereocenters. The summed E-state index contributed by atoms with van der Waals surface area (Å²) in [5.74, 6) is 0.0889. The Morgan fingerprint density at radius 1 is 1.58 bits per heavy atom. The van der Waals surface area contributed by atoms with Crippen molar-refractivity contribution in [3.63, 3.8) is 0 Å². The van der Waals surface area contributed by atoms with Crippen LogP contribution in [0.1, 0.15) is 27.2 Å². The first-order chi connectivity index (χ1) is 5.54. The van der Waals surface area contributed by atoms with Gasteiger partial charge in [0.25, 0.3) is 0 Å². The standard InChI is InChI=1S/C8H15N3O/c1-4-7(12)8(2,3)11-6-10-5-9/h5-6H,4H2,1-3H3,(H2,9,10,11). The van der Waals surface area contributed by atoms with E-state index < -0.39 is 5.54 Å². The van der Waals surface area contributed by atoms with Crippen LogP contribution in [-0.4, -0.2) is 24.0 Å². The lowest BCUT2D eigenvalue weighted by Gasteiger charge is -2.15. The van der Waals surface area contributed by atoms with Gasteiger partial charge in [-0.2, -0.15) is 0 Å². The number of carbonyl (C=O) groups is 1. The highest BCUT2D eigenvalue weighted by molar-refractivity contribution is 5.89. The van der Waals surface area contributed by atoms with Crippen LogP contribution in [0.5, 0.6) is 0 Å². The number of nitrogens with zero attached hydrogens (tertiary/aromatic N) is 2. The molecule has 0 aliphatic rings. The maximum atomic E-state index is 11.2. The molecule has 0 saturated heterocycles. The fourth-order valence-electron chi connectivity index (χ4n) is 0.721. The quantitative estimate of drug-likeness (QED) is 0.498. The van der Waals surface area contributed by atoms with Crippen molar-refractivity contribution < 1.29 is 4.79 Å². The summed E-state index contributed by atoms with van der Waals surface area (Å²) in [5.41, 5.74) is 4.32. The number of hydrogen-bond donors (Lipinski definition) is 1. The van der Waals surface area contributed by atoms with Crippen LogP contribution < -0.4 is 5.73 Å². The highest BCUT2D eigenvalue weighted by Gasteiger charge is 2.23. The Morgan fingerprint density at radius 2 is 2.17 bits per heavy atom. The Morgan fingerprint density at radius 3 is 2.58 bits per heavy atom. The largest absolute Gasteiger partial charge is 0.390 e. The van der Waals surface area contributed by atoms with Crippen LogP contribution in [0.25, 0.3) is 0 Å². The average Bonchev–Trinajstić information content (AvgIpc) is 2.03. The molecule has 0 fully saturated rings. The third kappa shape index (κ3) is 3.27. The van der Waals surface area contributed by atoms with Crippen LogP contribution in [0.2, 0.25) is 0 Å². The minimum absolute atomic E-state index is 0.0889. The Bertz CT molecular complexity index is 206. The minimum Gasteiger partial charge on any atom is -0.390 e. The molecule has 0 bridgehead atoms. The van der Waals surface area contributed by atoms with E-state index in [1.165, 1.54) is 6.34 Å². The summed E-state index contributed by atoms with van der Waals surface area (Å²) in [6, 6.07) is 0. The van der Waals surface area contributed by atoms with E-state index in [0.29, 0.717) is 6.42 Å². The van der Waals surface area contributed by atoms with Gasteiger partial charge in [-0.05, 0) is 13.8 Å². The van der Waals surface area contributed by atoms with Crippen LogP contribution in [0.4, 0.5) is 0 Å². The predicted molar refractivity (Wildman–Crippen MR) is 50.5 cm³/mol. The van der Waals surface area contributed by atoms with Crippen molar-refractivity contribution in [3.05, 3.63) is 0 Å². The topological polar surface area (TPSA) is 67.8 Å². The lowest BCUT2D eigenvalue weighted by molar-refractivity contribution is -0.122. The first-order valence-electron chi connectivity index (χ1n) is 3.85. The zero-order chi connectivity index (χ0) is 9.61. The van der Waals surface area contributed by atoms with E-state index in [2.05, 4.69) is 9.98 Å². The van der Waals surface area contributed by atoms with Crippen molar-refractivity contribution in [2.75, 3.05) is 0 Å². The number of carbonyl (C=O) groups excluding carboxylic acids is 1. The lowest BCUT2D eigenvalue weighted by atomic mass is 9.98. The Balaban J connectivity index is 4.30. The number of Topliss-reactive ketones (excluding diaryl/α,β-unsaturated/α-hetero) is 1. The third-order valence-corrected chi connectivity index (χ3v) is 1.54. The molecule has 12 heavy (non-hydrogen) atoms. The van der Waals surface area contributed by atoms with Gasteiger partial charge in [-0.3, -0.25) is 9.79 Å². The molecule has 0 aromatic carbocycles. The molecule has 0 heterocycles. The van der Waals surface area contributed by atoms with Gasteiger partial charge in [0.1, 0.15) is 11.9 Å². The molecule has 0 aliphatic carbocycles. The van der Waals surface area contributed by atoms with Gasteiger partial charge in [-0.15, -0.1) is 0 Å². The van der Waals surface area contributed by atoms with Crippen molar-refractivity contribution in [2.24, 2.45) is 15.7 Å². The second kappa shape index (κ2) is 4.64. The van der Waals surface area contributed by atoms with Crippen molar-refractivity contribution in [1.29, 1.82) is 0 Å². The Hall–Kier alpha value is -1.19. The summed E-state index contributed by atoms with van der Waals surface area (Å²) in [7, 11) is 0. The third-order valence-electron chi connectivity index (χ3n) is 1.54. The summed E-state index contributed by atoms with van der Waals surface area (Å²) >= 11 is 0. The molecule has 0 amide bonds. The smallest absolute Gasteiger partial charge is 0.159 e. The number of hydrogen-bond acceptors (Lipinski definition) is 2. The van der Waals surface area contributed by atoms with Gasteiger partial charge in [0.2, 0.25) is 0 Å². The van der Waals surface area contributed by atoms with Crippen LogP contribution >= 0.6 is 0 Å². The Kier molecular flexibility index (Phi) is 4.18. The summed E-state index contributed by atoms with van der Waals surface area (Å²) in [5, 5.41) is 0. The predicted octanol–water partition coefficient (Wildman–Crippen LogP) is 0.759. The highest BCUT2D eigenvalue weighted by atomic mass is 16.1. The maximum absolute atomic E-state index is 11.2. The molecule has 0 unspecified atom stereocenters. The van der Waals surface area contributed by atoms with Gasteiger partial charge in [-0.1, -0.05) is 6.92 Å². The van der Waals surface area contributed by atoms with Crippen molar-refractivity contribution >= 4 is 18.5 Å². The van der Waals surface area contributed by atoms with Crippen LogP contribution in [-0.2, 0) is 4.79 Å². The van der Waals surface area contributed by atoms with E-state index in [1.54, 1.807) is 13.8 Å². The molecule has 4 heteroatoms. The van der Waals surface area contributed by atoms with Crippen LogP contribution in [0, 0.1) is 0 Å². The minimum atomic E-state index is -0.679. The molecular weight excluding hydrogens is 154 g/mol. The normalized spacial score (nSPS) is 12.9. The van der Waals surface area contributed by atoms with Gasteiger partial charge in [0.15, 0.2) is 5.78 Å². The lowest BCUT2D eigenvalue weighted by Crippen LogP contribution is -2.28. The van der Waals surface area contributed by atoms with Crippen molar-refractivity contribution in [3.8, 4) is 0 Å². The monoisotopic (exact) mass is 169 g/mol. The second-order valence-corrected chi connectivity index (χ2v) is 2.88. The highest BCUT2D eigenvalue weighted by Crippen LogP contribution is 2.11. The van der Waals surface area contributed by atoms with Gasteiger partial charge in [0.05, 0.1) is 6.34 Å². The molecule has 0 spiro atoms. The van der Waals surface area contributed by atoms with Crippen LogP contribution in [0.15, 0.2) is 9.98 Å². The number of nitrogens with two attached hydrogens (primary N) is 1. The number of rotatable bonds is 4. The number of ketones is 1. The summed E-state index contributed by atoms with van der Waals surface area (Å²) < 4.78 is 0. The van der Waals surface area contributed by atoms with E-state index in [0.717, 1.165) is 6.34 Å². The summed E-state index contributed by atoms with van der Waals surface area (Å²) in [6.07, 6.45) is 2.92. The molecule has 4 nitrogen and oxygen atoms in total. The zero-order valence-electron chi connectivity index (χ0n) is 7.74. The van der Waals surface area contributed by atoms with E-state index >= 15 is 0 Å².